The third-order valence-electron chi connectivity index (χ3n) is 11.5. The number of ether oxygens (including phenoxy) is 6. The highest BCUT2D eigenvalue weighted by Crippen LogP contribution is 2.36. The summed E-state index contributed by atoms with van der Waals surface area (Å²) < 4.78 is 37.2. The second kappa shape index (κ2) is 29.3. The zero-order chi connectivity index (χ0) is 53.7. The molecule has 2 aromatic carbocycles. The van der Waals surface area contributed by atoms with Gasteiger partial charge in [-0.25, -0.2) is 9.67 Å². The standard InChI is InChI=1S/C51H61Cl2N13O9S/c1-34-28-58-40(35(2)47(34)70-3)30-64-33-59-45-48(60-51(54)61-49(45)64)56-16-18-72-20-22-74-24-23-73-21-19-71-17-15-55-43(67)31-65-29-37(62-63-65)32-75-41-12-11-38(26-39(41)53)66(44(68)27-52)46(42-10-7-25-76-42)50(69)57-14-13-36-8-5-4-6-9-36/h4-12,25-26,28-29,33,46H,13-24,27,30-32H2,1-3H3,(H,55,67)(H,57,69)(H3,54,56,60,61). The van der Waals surface area contributed by atoms with Gasteiger partial charge in [-0.05, 0) is 55.5 Å². The first-order valence-corrected chi connectivity index (χ1v) is 26.2. The Balaban J connectivity index is 0.722. The van der Waals surface area contributed by atoms with Crippen molar-refractivity contribution in [3.8, 4) is 11.5 Å². The summed E-state index contributed by atoms with van der Waals surface area (Å²) in [5.41, 5.74) is 11.9. The van der Waals surface area contributed by atoms with Crippen LogP contribution in [0.5, 0.6) is 11.5 Å². The van der Waals surface area contributed by atoms with Crippen LogP contribution in [0.2, 0.25) is 5.02 Å². The van der Waals surface area contributed by atoms with Gasteiger partial charge >= 0.3 is 0 Å². The average Bonchev–Trinajstić information content (AvgIpc) is 4.21. The van der Waals surface area contributed by atoms with Crippen molar-refractivity contribution in [3.63, 3.8) is 0 Å². The Morgan fingerprint density at radius 3 is 2.30 bits per heavy atom. The third kappa shape index (κ3) is 16.3. The molecule has 7 rings (SSSR count). The van der Waals surface area contributed by atoms with Crippen LogP contribution in [0.3, 0.4) is 0 Å². The van der Waals surface area contributed by atoms with Crippen LogP contribution in [-0.2, 0) is 59.4 Å². The minimum Gasteiger partial charge on any atom is -0.496 e. The van der Waals surface area contributed by atoms with E-state index in [9.17, 15) is 14.4 Å². The van der Waals surface area contributed by atoms with E-state index in [0.717, 1.165) is 28.1 Å². The Morgan fingerprint density at radius 1 is 0.868 bits per heavy atom. The molecule has 1 unspecified atom stereocenters. The third-order valence-corrected chi connectivity index (χ3v) is 12.9. The molecule has 0 aliphatic heterocycles. The van der Waals surface area contributed by atoms with E-state index in [1.165, 1.54) is 20.9 Å². The van der Waals surface area contributed by atoms with Gasteiger partial charge in [0.2, 0.25) is 23.7 Å². The van der Waals surface area contributed by atoms with Crippen molar-refractivity contribution >= 4 is 80.9 Å². The number of benzene rings is 2. The molecule has 25 heteroatoms. The van der Waals surface area contributed by atoms with Gasteiger partial charge in [0.05, 0.1) is 89.8 Å². The lowest BCUT2D eigenvalue weighted by Crippen LogP contribution is -2.44. The number of pyridine rings is 1. The molecule has 0 aliphatic carbocycles. The Labute approximate surface area is 453 Å². The van der Waals surface area contributed by atoms with Gasteiger partial charge in [-0.1, -0.05) is 53.2 Å². The number of carbonyl (C=O) groups is 3. The number of aryl methyl sites for hydroxylation is 1. The van der Waals surface area contributed by atoms with Gasteiger partial charge in [-0.2, -0.15) is 9.97 Å². The van der Waals surface area contributed by atoms with Crippen LogP contribution in [0, 0.1) is 13.8 Å². The molecule has 5 aromatic heterocycles. The number of anilines is 3. The molecular formula is C51H61Cl2N13O9S. The van der Waals surface area contributed by atoms with Crippen molar-refractivity contribution in [2.24, 2.45) is 0 Å². The topological polar surface area (TPSA) is 259 Å². The number of hydrogen-bond acceptors (Lipinski definition) is 18. The van der Waals surface area contributed by atoms with Gasteiger partial charge in [0.1, 0.15) is 42.3 Å². The number of thiophene rings is 1. The number of halogens is 2. The van der Waals surface area contributed by atoms with E-state index >= 15 is 0 Å². The highest BCUT2D eigenvalue weighted by molar-refractivity contribution is 7.10. The number of methoxy groups -OCH3 is 1. The van der Waals surface area contributed by atoms with E-state index in [1.807, 2.05) is 60.2 Å². The number of nitrogens with two attached hydrogens (primary N) is 1. The number of nitrogen functional groups attached to an aromatic ring is 1. The SMILES string of the molecule is COc1c(C)cnc(Cn2cnc3c(NCCOCCOCCOCCOCCNC(=O)Cn4cc(COc5ccc(N(C(=O)CCl)C(C(=O)NCCc6ccccc6)c6cccs6)cc5Cl)nn4)nc(N)nc32)c1C. The summed E-state index contributed by atoms with van der Waals surface area (Å²) in [7, 11) is 1.65. The molecule has 1 atom stereocenters. The van der Waals surface area contributed by atoms with Gasteiger partial charge in [-0.15, -0.1) is 28.0 Å². The van der Waals surface area contributed by atoms with E-state index in [-0.39, 0.29) is 41.8 Å². The number of nitrogens with one attached hydrogen (secondary N) is 3. The minimum absolute atomic E-state index is 0.00536. The maximum atomic E-state index is 13.7. The summed E-state index contributed by atoms with van der Waals surface area (Å²) in [6, 6.07) is 17.2. The number of aromatic nitrogens is 8. The van der Waals surface area contributed by atoms with Crippen LogP contribution >= 0.6 is 34.5 Å². The fourth-order valence-corrected chi connectivity index (χ4v) is 9.02. The first kappa shape index (κ1) is 56.7. The Hall–Kier alpha value is -6.99. The van der Waals surface area contributed by atoms with E-state index in [1.54, 1.807) is 50.1 Å². The van der Waals surface area contributed by atoms with Crippen LogP contribution in [-0.4, -0.2) is 143 Å². The van der Waals surface area contributed by atoms with E-state index in [4.69, 9.17) is 57.4 Å². The molecular weight excluding hydrogens is 1040 g/mol. The quantitative estimate of drug-likeness (QED) is 0.0307. The molecule has 0 radical (unpaired) electrons. The lowest BCUT2D eigenvalue weighted by molar-refractivity contribution is -0.125. The van der Waals surface area contributed by atoms with Crippen molar-refractivity contribution in [3.05, 3.63) is 123 Å². The maximum absolute atomic E-state index is 13.7. The number of nitrogens with zero attached hydrogens (tertiary/aromatic N) is 9. The van der Waals surface area contributed by atoms with Crippen molar-refractivity contribution in [1.82, 2.24) is 50.1 Å². The summed E-state index contributed by atoms with van der Waals surface area (Å²) in [4.78, 5) is 59.6. The Kier molecular flexibility index (Phi) is 21.9. The average molecular weight is 1100 g/mol. The lowest BCUT2D eigenvalue weighted by atomic mass is 10.1. The van der Waals surface area contributed by atoms with Crippen LogP contribution in [0.1, 0.15) is 39.0 Å². The number of imidazole rings is 1. The van der Waals surface area contributed by atoms with Crippen LogP contribution < -0.4 is 36.1 Å². The molecule has 404 valence electrons. The molecule has 7 aromatic rings. The number of hydrogen-bond donors (Lipinski definition) is 4. The van der Waals surface area contributed by atoms with Crippen LogP contribution in [0.4, 0.5) is 17.5 Å². The van der Waals surface area contributed by atoms with Gasteiger partial charge < -0.3 is 54.7 Å². The Bertz CT molecular complexity index is 2970. The molecule has 5 heterocycles. The molecule has 0 saturated heterocycles. The summed E-state index contributed by atoms with van der Waals surface area (Å²) in [5, 5.41) is 19.2. The van der Waals surface area contributed by atoms with Gasteiger partial charge in [0, 0.05) is 47.5 Å². The lowest BCUT2D eigenvalue weighted by Gasteiger charge is -2.30. The fourth-order valence-electron chi connectivity index (χ4n) is 7.84. The Morgan fingerprint density at radius 2 is 1.61 bits per heavy atom. The fraction of sp³-hybridized carbons (Fsp3) is 0.392. The summed E-state index contributed by atoms with van der Waals surface area (Å²) >= 11 is 14.1. The summed E-state index contributed by atoms with van der Waals surface area (Å²) in [6.45, 7) is 8.44. The monoisotopic (exact) mass is 1100 g/mol. The molecule has 0 aliphatic rings. The number of fused-ring (bicyclic) bond motifs is 1. The van der Waals surface area contributed by atoms with E-state index in [0.29, 0.717) is 124 Å². The molecule has 0 bridgehead atoms. The number of alkyl halides is 1. The number of carbonyl (C=O) groups excluding carboxylic acids is 3. The molecule has 5 N–H and O–H groups in total. The smallest absolute Gasteiger partial charge is 0.248 e. The molecule has 3 amide bonds. The van der Waals surface area contributed by atoms with E-state index in [2.05, 4.69) is 46.2 Å². The molecule has 0 fully saturated rings. The largest absolute Gasteiger partial charge is 0.496 e. The van der Waals surface area contributed by atoms with Crippen molar-refractivity contribution in [1.29, 1.82) is 0 Å². The first-order valence-electron chi connectivity index (χ1n) is 24.4. The van der Waals surface area contributed by atoms with Crippen molar-refractivity contribution in [2.45, 2.75) is 46.0 Å². The summed E-state index contributed by atoms with van der Waals surface area (Å²) in [6.07, 6.45) is 5.69. The normalized spacial score (nSPS) is 11.6. The van der Waals surface area contributed by atoms with Gasteiger partial charge in [0.25, 0.3) is 0 Å². The van der Waals surface area contributed by atoms with E-state index < -0.39 is 11.9 Å². The molecule has 22 nitrogen and oxygen atoms in total. The van der Waals surface area contributed by atoms with Gasteiger partial charge in [0.15, 0.2) is 17.0 Å². The number of rotatable bonds is 32. The van der Waals surface area contributed by atoms with Crippen molar-refractivity contribution in [2.75, 3.05) is 101 Å². The minimum atomic E-state index is -0.987. The van der Waals surface area contributed by atoms with Crippen LogP contribution in [0.15, 0.2) is 84.8 Å². The van der Waals surface area contributed by atoms with Crippen molar-refractivity contribution < 1.29 is 42.8 Å². The molecule has 0 spiro atoms. The molecule has 0 saturated carbocycles. The zero-order valence-corrected chi connectivity index (χ0v) is 44.7. The van der Waals surface area contributed by atoms with Gasteiger partial charge in [-0.3, -0.25) is 24.3 Å². The predicted octanol–water partition coefficient (Wildman–Crippen LogP) is 5.33. The second-order valence-electron chi connectivity index (χ2n) is 16.9. The summed E-state index contributed by atoms with van der Waals surface area (Å²) in [5.74, 6) is 0.276. The molecule has 76 heavy (non-hydrogen) atoms. The second-order valence-corrected chi connectivity index (χ2v) is 18.6. The predicted molar refractivity (Wildman–Crippen MR) is 288 cm³/mol. The zero-order valence-electron chi connectivity index (χ0n) is 42.4. The first-order chi connectivity index (χ1) is 37.0. The maximum Gasteiger partial charge on any atom is 0.248 e. The highest BCUT2D eigenvalue weighted by Gasteiger charge is 2.33. The highest BCUT2D eigenvalue weighted by atomic mass is 35.5. The number of amides is 3. The van der Waals surface area contributed by atoms with Crippen LogP contribution in [0.25, 0.3) is 11.2 Å².